The molecule has 0 saturated heterocycles. The van der Waals surface area contributed by atoms with Crippen LogP contribution in [0.15, 0.2) is 109 Å². The van der Waals surface area contributed by atoms with E-state index in [-0.39, 0.29) is 36.9 Å². The number of amides is 3. The molecule has 0 radical (unpaired) electrons. The number of hydrogen-bond acceptors (Lipinski definition) is 8. The lowest BCUT2D eigenvalue weighted by molar-refractivity contribution is -0.461. The summed E-state index contributed by atoms with van der Waals surface area (Å²) < 4.78 is 12.3. The molecule has 14 heteroatoms. The van der Waals surface area contributed by atoms with Crippen molar-refractivity contribution in [1.82, 2.24) is 9.97 Å². The lowest BCUT2D eigenvalue weighted by Gasteiger charge is -2.53. The number of hydrogen-bond donors (Lipinski definition) is 5. The number of H-pyrrole nitrogens is 2. The van der Waals surface area contributed by atoms with Gasteiger partial charge < -0.3 is 34.8 Å². The fraction of sp³-hybridized carbons (Fsp3) is 0.364. The van der Waals surface area contributed by atoms with Gasteiger partial charge in [-0.3, -0.25) is 14.9 Å². The first-order chi connectivity index (χ1) is 33.6. The number of benzene rings is 5. The van der Waals surface area contributed by atoms with Crippen LogP contribution in [-0.2, 0) is 21.1 Å². The third kappa shape index (κ3) is 8.60. The molecule has 4 bridgehead atoms. The van der Waals surface area contributed by atoms with Gasteiger partial charge in [0.25, 0.3) is 11.8 Å². The molecule has 6 aliphatic rings. The Bertz CT molecular complexity index is 3050. The van der Waals surface area contributed by atoms with E-state index >= 15 is 0 Å². The van der Waals surface area contributed by atoms with Crippen LogP contribution in [0.3, 0.4) is 0 Å². The molecular formula is C55H54ClN5O8. The van der Waals surface area contributed by atoms with Crippen LogP contribution in [0.4, 0.5) is 21.9 Å². The third-order valence-electron chi connectivity index (χ3n) is 15.4. The van der Waals surface area contributed by atoms with Crippen molar-refractivity contribution in [3.63, 3.8) is 0 Å². The average molecular weight is 949 g/mol. The van der Waals surface area contributed by atoms with Crippen molar-refractivity contribution in [2.45, 2.75) is 88.3 Å². The summed E-state index contributed by atoms with van der Waals surface area (Å²) in [7, 11) is 0. The summed E-state index contributed by atoms with van der Waals surface area (Å²) in [5, 5.41) is 20.8. The van der Waals surface area contributed by atoms with Gasteiger partial charge in [0, 0.05) is 75.8 Å². The maximum absolute atomic E-state index is 14.4. The number of halogens is 1. The van der Waals surface area contributed by atoms with Crippen molar-refractivity contribution >= 4 is 79.1 Å². The Kier molecular flexibility index (Phi) is 11.4. The number of alkyl halides is 1. The lowest BCUT2D eigenvalue weighted by Crippen LogP contribution is -2.51. The van der Waals surface area contributed by atoms with Gasteiger partial charge in [0.05, 0.1) is 11.8 Å². The summed E-state index contributed by atoms with van der Waals surface area (Å²) in [6.45, 7) is 0.628. The fourth-order valence-electron chi connectivity index (χ4n) is 12.4. The summed E-state index contributed by atoms with van der Waals surface area (Å²) in [4.78, 5) is 60.8. The van der Waals surface area contributed by atoms with Crippen molar-refractivity contribution < 1.29 is 38.7 Å². The van der Waals surface area contributed by atoms with Crippen LogP contribution in [0.1, 0.15) is 95.8 Å². The molecule has 13 nitrogen and oxygen atoms in total. The van der Waals surface area contributed by atoms with Crippen LogP contribution >= 0.6 is 11.6 Å². The largest absolute Gasteiger partial charge is 0.488 e. The maximum Gasteiger partial charge on any atom is 0.411 e. The Balaban J connectivity index is 0.691. The Hall–Kier alpha value is -6.38. The minimum absolute atomic E-state index is 0.0351. The molecule has 3 atom stereocenters. The van der Waals surface area contributed by atoms with Gasteiger partial charge in [0.2, 0.25) is 5.79 Å². The Morgan fingerprint density at radius 1 is 0.768 bits per heavy atom. The first-order valence-corrected chi connectivity index (χ1v) is 24.9. The zero-order valence-electron chi connectivity index (χ0n) is 38.0. The normalized spacial score (nSPS) is 25.8. The van der Waals surface area contributed by atoms with Crippen molar-refractivity contribution in [3.05, 3.63) is 132 Å². The summed E-state index contributed by atoms with van der Waals surface area (Å²) >= 11 is 6.61. The molecule has 5 aromatic carbocycles. The van der Waals surface area contributed by atoms with Crippen LogP contribution in [-0.4, -0.2) is 63.4 Å². The highest BCUT2D eigenvalue weighted by Crippen LogP contribution is 2.55. The first-order valence-electron chi connectivity index (χ1n) is 24.3. The molecule has 5 fully saturated rings. The Morgan fingerprint density at radius 2 is 1.48 bits per heavy atom. The summed E-state index contributed by atoms with van der Waals surface area (Å²) in [5.74, 6) is 1.54. The molecule has 69 heavy (non-hydrogen) atoms. The minimum atomic E-state index is -1.49. The molecule has 5 aliphatic carbocycles. The lowest BCUT2D eigenvalue weighted by atomic mass is 9.55. The number of fused-ring (bicyclic) bond motifs is 5. The quantitative estimate of drug-likeness (QED) is 0.0349. The second-order valence-electron chi connectivity index (χ2n) is 20.1. The third-order valence-corrected chi connectivity index (χ3v) is 15.8. The van der Waals surface area contributed by atoms with E-state index in [4.69, 9.17) is 30.8 Å². The van der Waals surface area contributed by atoms with E-state index in [0.717, 1.165) is 61.2 Å². The zero-order chi connectivity index (χ0) is 46.8. The predicted molar refractivity (Wildman–Crippen MR) is 265 cm³/mol. The molecule has 1 aliphatic heterocycles. The molecule has 3 heterocycles. The molecular weight excluding hydrogens is 894 g/mol. The van der Waals surface area contributed by atoms with E-state index in [9.17, 15) is 19.5 Å². The number of rotatable bonds is 12. The van der Waals surface area contributed by atoms with E-state index < -0.39 is 18.0 Å². The number of ether oxygens (including phenoxy) is 2. The van der Waals surface area contributed by atoms with E-state index in [2.05, 4.69) is 20.6 Å². The van der Waals surface area contributed by atoms with Crippen molar-refractivity contribution in [2.24, 2.45) is 23.7 Å². The molecule has 13 rings (SSSR count). The first kappa shape index (κ1) is 43.9. The second-order valence-corrected chi connectivity index (χ2v) is 20.4. The van der Waals surface area contributed by atoms with Crippen LogP contribution in [0.25, 0.3) is 32.6 Å². The van der Waals surface area contributed by atoms with Gasteiger partial charge in [-0.05, 0) is 134 Å². The fourth-order valence-corrected chi connectivity index (χ4v) is 12.6. The van der Waals surface area contributed by atoms with Gasteiger partial charge in [0.15, 0.2) is 0 Å². The standard InChI is InChI=1S/C55H54ClN5O8/c56-28-38-29-61(53(63)47-25-35-23-40(15-16-45(35)60-47)57-52(62)46-24-34-6-1-4-10-44(34)59-46)48-26-49(42-8-2-3-9-43(42)50(38)48)66-30-31-11-13-39(14-12-31)58-54(64)67-41-7-5-17-55(65,27-41)69-68-51-36-19-32-18-33(21-36)22-37(51)20-32/h1-4,6,8-16,23-26,32-33,36-38,41,51,59-60,65H,5,7,17-22,27-30H2,(H,57,62)(H,58,64)/t32?,33?,36?,37?,38?,41?,51?,55-/m1/s1. The minimum Gasteiger partial charge on any atom is -0.488 e. The summed E-state index contributed by atoms with van der Waals surface area (Å²) in [6, 6.07) is 34.2. The van der Waals surface area contributed by atoms with Gasteiger partial charge in [-0.2, -0.15) is 0 Å². The SMILES string of the molecule is O=C(Nc1ccc(COc2cc3c(c4ccccc24)C(CCl)CN3C(=O)c2cc3cc(NC(=O)c4cc5ccccc5[nH]4)ccc3[nH]2)cc1)OC1CCC[C@@](O)(OOC2C3CC4CC(C3)CC2C4)C1. The average Bonchev–Trinajstić information content (AvgIpc) is 4.09. The molecule has 7 aromatic rings. The maximum atomic E-state index is 14.4. The van der Waals surface area contributed by atoms with Crippen LogP contribution in [0, 0.1) is 23.7 Å². The van der Waals surface area contributed by atoms with Crippen LogP contribution < -0.4 is 20.3 Å². The Labute approximate surface area is 403 Å². The number of nitrogens with zero attached hydrogens (tertiary/aromatic N) is 1. The summed E-state index contributed by atoms with van der Waals surface area (Å²) in [6.07, 6.45) is 6.92. The Morgan fingerprint density at radius 3 is 2.26 bits per heavy atom. The van der Waals surface area contributed by atoms with E-state index in [1.54, 1.807) is 17.0 Å². The monoisotopic (exact) mass is 947 g/mol. The molecule has 0 spiro atoms. The number of aromatic amines is 2. The van der Waals surface area contributed by atoms with Gasteiger partial charge >= 0.3 is 6.09 Å². The zero-order valence-corrected chi connectivity index (χ0v) is 38.8. The van der Waals surface area contributed by atoms with Gasteiger partial charge in [0.1, 0.15) is 29.8 Å². The molecule has 5 N–H and O–H groups in total. The molecule has 2 aromatic heterocycles. The highest BCUT2D eigenvalue weighted by molar-refractivity contribution is 6.19. The van der Waals surface area contributed by atoms with Gasteiger partial charge in [-0.15, -0.1) is 11.6 Å². The van der Waals surface area contributed by atoms with E-state index in [1.165, 1.54) is 32.1 Å². The van der Waals surface area contributed by atoms with Crippen molar-refractivity contribution in [3.8, 4) is 5.75 Å². The number of aliphatic hydroxyl groups is 1. The van der Waals surface area contributed by atoms with Crippen molar-refractivity contribution in [2.75, 3.05) is 28.0 Å². The van der Waals surface area contributed by atoms with Crippen LogP contribution in [0.2, 0.25) is 0 Å². The number of carbonyl (C=O) groups is 3. The molecule has 3 amide bonds. The molecule has 2 unspecified atom stereocenters. The number of aromatic nitrogens is 2. The smallest absolute Gasteiger partial charge is 0.411 e. The number of anilines is 3. The number of carbonyl (C=O) groups excluding carboxylic acids is 3. The van der Waals surface area contributed by atoms with Crippen molar-refractivity contribution in [1.29, 1.82) is 0 Å². The van der Waals surface area contributed by atoms with Gasteiger partial charge in [-0.25, -0.2) is 14.6 Å². The van der Waals surface area contributed by atoms with E-state index in [0.29, 0.717) is 72.0 Å². The topological polar surface area (TPSA) is 167 Å². The van der Waals surface area contributed by atoms with Crippen LogP contribution in [0.5, 0.6) is 5.75 Å². The predicted octanol–water partition coefficient (Wildman–Crippen LogP) is 11.6. The second kappa shape index (κ2) is 17.9. The van der Waals surface area contributed by atoms with E-state index in [1.807, 2.05) is 97.1 Å². The highest BCUT2D eigenvalue weighted by atomic mass is 35.5. The summed E-state index contributed by atoms with van der Waals surface area (Å²) in [5.41, 5.74) is 6.27. The molecule has 5 saturated carbocycles. The number of nitrogens with one attached hydrogen (secondary N) is 4. The van der Waals surface area contributed by atoms with Gasteiger partial charge in [-0.1, -0.05) is 54.6 Å². The molecule has 354 valence electrons. The number of para-hydroxylation sites is 1. The highest BCUT2D eigenvalue weighted by Gasteiger charge is 2.50.